The van der Waals surface area contributed by atoms with E-state index >= 15 is 0 Å². The quantitative estimate of drug-likeness (QED) is 0.884. The summed E-state index contributed by atoms with van der Waals surface area (Å²) >= 11 is 5.98. The van der Waals surface area contributed by atoms with Crippen LogP contribution in [0.4, 0.5) is 15.8 Å². The Morgan fingerprint density at radius 1 is 1.32 bits per heavy atom. The lowest BCUT2D eigenvalue weighted by Crippen LogP contribution is -2.00. The Morgan fingerprint density at radius 2 is 2.05 bits per heavy atom. The van der Waals surface area contributed by atoms with E-state index in [0.29, 0.717) is 11.4 Å². The highest BCUT2D eigenvalue weighted by Gasteiger charge is 2.10. The van der Waals surface area contributed by atoms with Gasteiger partial charge in [0.05, 0.1) is 22.0 Å². The van der Waals surface area contributed by atoms with E-state index < -0.39 is 11.8 Å². The molecule has 0 unspecified atom stereocenters. The van der Waals surface area contributed by atoms with Gasteiger partial charge in [0.2, 0.25) is 0 Å². The molecular formula is C14H11ClFNO2. The number of hydrogen-bond acceptors (Lipinski definition) is 2. The summed E-state index contributed by atoms with van der Waals surface area (Å²) in [7, 11) is 0. The minimum Gasteiger partial charge on any atom is -0.478 e. The van der Waals surface area contributed by atoms with Gasteiger partial charge in [0.1, 0.15) is 5.82 Å². The number of aryl methyl sites for hydroxylation is 1. The van der Waals surface area contributed by atoms with Gasteiger partial charge >= 0.3 is 5.97 Å². The monoisotopic (exact) mass is 279 g/mol. The van der Waals surface area contributed by atoms with Gasteiger partial charge in [-0.2, -0.15) is 0 Å². The number of hydrogen-bond donors (Lipinski definition) is 2. The van der Waals surface area contributed by atoms with Crippen LogP contribution in [0, 0.1) is 12.7 Å². The van der Waals surface area contributed by atoms with E-state index in [9.17, 15) is 9.18 Å². The first kappa shape index (κ1) is 13.4. The first-order chi connectivity index (χ1) is 8.99. The second-order valence-electron chi connectivity index (χ2n) is 4.06. The van der Waals surface area contributed by atoms with Crippen LogP contribution in [0.2, 0.25) is 5.02 Å². The molecule has 2 rings (SSSR count). The number of nitrogens with one attached hydrogen (secondary N) is 1. The minimum atomic E-state index is -1.06. The van der Waals surface area contributed by atoms with Crippen LogP contribution in [0.5, 0.6) is 0 Å². The Bertz CT molecular complexity index is 623. The van der Waals surface area contributed by atoms with Crippen LogP contribution in [0.1, 0.15) is 15.9 Å². The van der Waals surface area contributed by atoms with Gasteiger partial charge < -0.3 is 10.4 Å². The van der Waals surface area contributed by atoms with E-state index in [-0.39, 0.29) is 10.6 Å². The van der Waals surface area contributed by atoms with E-state index in [1.54, 1.807) is 19.1 Å². The number of rotatable bonds is 3. The number of para-hydroxylation sites is 1. The summed E-state index contributed by atoms with van der Waals surface area (Å²) in [5.41, 5.74) is 1.60. The van der Waals surface area contributed by atoms with Crippen LogP contribution in [0.15, 0.2) is 36.4 Å². The summed E-state index contributed by atoms with van der Waals surface area (Å²) in [6.45, 7) is 1.77. The smallest absolute Gasteiger partial charge is 0.335 e. The summed E-state index contributed by atoms with van der Waals surface area (Å²) in [5.74, 6) is -1.45. The Kier molecular flexibility index (Phi) is 3.71. The van der Waals surface area contributed by atoms with Gasteiger partial charge in [-0.3, -0.25) is 0 Å². The average molecular weight is 280 g/mol. The van der Waals surface area contributed by atoms with Crippen LogP contribution < -0.4 is 5.32 Å². The Hall–Kier alpha value is -2.07. The average Bonchev–Trinajstić information content (AvgIpc) is 2.35. The molecule has 5 heteroatoms. The molecule has 3 nitrogen and oxygen atoms in total. The molecule has 2 aromatic rings. The van der Waals surface area contributed by atoms with Crippen LogP contribution in [0.3, 0.4) is 0 Å². The normalized spacial score (nSPS) is 10.3. The first-order valence-electron chi connectivity index (χ1n) is 5.54. The van der Waals surface area contributed by atoms with Gasteiger partial charge in [0, 0.05) is 0 Å². The fourth-order valence-electron chi connectivity index (χ4n) is 1.67. The maximum atomic E-state index is 13.7. The van der Waals surface area contributed by atoms with E-state index in [4.69, 9.17) is 16.7 Å². The molecule has 0 bridgehead atoms. The number of carboxylic acid groups (broad SMARTS) is 1. The Labute approximate surface area is 114 Å². The summed E-state index contributed by atoms with van der Waals surface area (Å²) in [4.78, 5) is 10.8. The van der Waals surface area contributed by atoms with Gasteiger partial charge in [-0.1, -0.05) is 23.7 Å². The van der Waals surface area contributed by atoms with Gasteiger partial charge in [-0.25, -0.2) is 9.18 Å². The van der Waals surface area contributed by atoms with E-state index in [0.717, 1.165) is 5.56 Å². The molecule has 98 valence electrons. The van der Waals surface area contributed by atoms with Crippen molar-refractivity contribution in [2.45, 2.75) is 6.92 Å². The first-order valence-corrected chi connectivity index (χ1v) is 5.92. The van der Waals surface area contributed by atoms with Gasteiger partial charge in [0.15, 0.2) is 0 Å². The van der Waals surface area contributed by atoms with Crippen molar-refractivity contribution in [1.82, 2.24) is 0 Å². The van der Waals surface area contributed by atoms with Crippen molar-refractivity contribution in [1.29, 1.82) is 0 Å². The lowest BCUT2D eigenvalue weighted by atomic mass is 10.1. The standard InChI is InChI=1S/C14H11ClFNO2/c1-8-3-2-4-11(16)13(8)17-12-6-5-9(14(18)19)7-10(12)15/h2-7,17H,1H3,(H,18,19). The number of benzene rings is 2. The molecule has 19 heavy (non-hydrogen) atoms. The predicted octanol–water partition coefficient (Wildman–Crippen LogP) is 4.23. The lowest BCUT2D eigenvalue weighted by Gasteiger charge is -2.12. The maximum absolute atomic E-state index is 13.7. The van der Waals surface area contributed by atoms with E-state index in [1.165, 1.54) is 24.3 Å². The highest BCUT2D eigenvalue weighted by molar-refractivity contribution is 6.33. The molecule has 2 aromatic carbocycles. The van der Waals surface area contributed by atoms with Crippen molar-refractivity contribution in [3.63, 3.8) is 0 Å². The Morgan fingerprint density at radius 3 is 2.63 bits per heavy atom. The van der Waals surface area contributed by atoms with Crippen molar-refractivity contribution >= 4 is 28.9 Å². The van der Waals surface area contributed by atoms with Gasteiger partial charge in [-0.15, -0.1) is 0 Å². The molecule has 0 saturated heterocycles. The molecule has 2 N–H and O–H groups in total. The molecule has 0 atom stereocenters. The third-order valence-corrected chi connectivity index (χ3v) is 3.01. The fourth-order valence-corrected chi connectivity index (χ4v) is 1.90. The van der Waals surface area contributed by atoms with Crippen molar-refractivity contribution in [3.8, 4) is 0 Å². The maximum Gasteiger partial charge on any atom is 0.335 e. The summed E-state index contributed by atoms with van der Waals surface area (Å²) in [6.07, 6.45) is 0. The van der Waals surface area contributed by atoms with Gasteiger partial charge in [0.25, 0.3) is 0 Å². The molecule has 0 saturated carbocycles. The fraction of sp³-hybridized carbons (Fsp3) is 0.0714. The number of anilines is 2. The summed E-state index contributed by atoms with van der Waals surface area (Å²) in [6, 6.07) is 8.97. The topological polar surface area (TPSA) is 49.3 Å². The van der Waals surface area contributed by atoms with Crippen molar-refractivity contribution in [3.05, 3.63) is 58.4 Å². The molecule has 0 aliphatic rings. The van der Waals surface area contributed by atoms with Gasteiger partial charge in [-0.05, 0) is 36.8 Å². The minimum absolute atomic E-state index is 0.0841. The molecule has 0 spiro atoms. The van der Waals surface area contributed by atoms with E-state index in [1.807, 2.05) is 0 Å². The number of carboxylic acids is 1. The number of carbonyl (C=O) groups is 1. The van der Waals surface area contributed by atoms with Crippen LogP contribution in [-0.4, -0.2) is 11.1 Å². The third kappa shape index (κ3) is 2.85. The predicted molar refractivity (Wildman–Crippen MR) is 72.8 cm³/mol. The van der Waals surface area contributed by atoms with Crippen LogP contribution >= 0.6 is 11.6 Å². The second kappa shape index (κ2) is 5.28. The number of halogens is 2. The molecule has 0 aliphatic carbocycles. The molecule has 0 aliphatic heterocycles. The van der Waals surface area contributed by atoms with E-state index in [2.05, 4.69) is 5.32 Å². The molecule has 0 amide bonds. The Balaban J connectivity index is 2.36. The van der Waals surface area contributed by atoms with Crippen molar-refractivity contribution in [2.75, 3.05) is 5.32 Å². The SMILES string of the molecule is Cc1cccc(F)c1Nc1ccc(C(=O)O)cc1Cl. The summed E-state index contributed by atoms with van der Waals surface area (Å²) in [5, 5.41) is 11.9. The molecule has 0 radical (unpaired) electrons. The number of aromatic carboxylic acids is 1. The highest BCUT2D eigenvalue weighted by Crippen LogP contribution is 2.29. The van der Waals surface area contributed by atoms with Crippen molar-refractivity contribution < 1.29 is 14.3 Å². The zero-order valence-corrected chi connectivity index (χ0v) is 10.8. The summed E-state index contributed by atoms with van der Waals surface area (Å²) < 4.78 is 13.7. The van der Waals surface area contributed by atoms with Crippen LogP contribution in [-0.2, 0) is 0 Å². The molecule has 0 fully saturated rings. The zero-order chi connectivity index (χ0) is 14.0. The lowest BCUT2D eigenvalue weighted by molar-refractivity contribution is 0.0697. The zero-order valence-electron chi connectivity index (χ0n) is 10.1. The largest absolute Gasteiger partial charge is 0.478 e. The highest BCUT2D eigenvalue weighted by atomic mass is 35.5. The molecular weight excluding hydrogens is 269 g/mol. The van der Waals surface area contributed by atoms with Crippen LogP contribution in [0.25, 0.3) is 0 Å². The molecule has 0 heterocycles. The second-order valence-corrected chi connectivity index (χ2v) is 4.46. The molecule has 0 aromatic heterocycles. The van der Waals surface area contributed by atoms with Crippen molar-refractivity contribution in [2.24, 2.45) is 0 Å². The third-order valence-electron chi connectivity index (χ3n) is 2.70.